The van der Waals surface area contributed by atoms with Crippen molar-refractivity contribution in [3.05, 3.63) is 82.6 Å². The SMILES string of the molecule is C=C1CCC(N2Cc3cc(CNC(=O)C(F)(F)c4ccc(C(C)(C)C)cc4)ccc3C2=O)C(=O)N1. The van der Waals surface area contributed by atoms with Crippen molar-refractivity contribution in [3.8, 4) is 0 Å². The molecule has 2 heterocycles. The maximum Gasteiger partial charge on any atom is 0.349 e. The Labute approximate surface area is 203 Å². The van der Waals surface area contributed by atoms with Crippen molar-refractivity contribution in [2.75, 3.05) is 0 Å². The summed E-state index contributed by atoms with van der Waals surface area (Å²) in [7, 11) is 0. The van der Waals surface area contributed by atoms with Gasteiger partial charge in [0.25, 0.3) is 11.8 Å². The third-order valence-electron chi connectivity index (χ3n) is 6.55. The number of carbonyl (C=O) groups is 3. The summed E-state index contributed by atoms with van der Waals surface area (Å²) in [5.74, 6) is -5.57. The number of hydrogen-bond acceptors (Lipinski definition) is 3. The van der Waals surface area contributed by atoms with Gasteiger partial charge in [0.2, 0.25) is 5.91 Å². The minimum atomic E-state index is -3.68. The van der Waals surface area contributed by atoms with Gasteiger partial charge in [-0.3, -0.25) is 14.4 Å². The molecule has 0 saturated carbocycles. The summed E-state index contributed by atoms with van der Waals surface area (Å²) in [5.41, 5.74) is 2.74. The van der Waals surface area contributed by atoms with Crippen LogP contribution in [0.3, 0.4) is 0 Å². The van der Waals surface area contributed by atoms with Gasteiger partial charge in [0.15, 0.2) is 0 Å². The number of alkyl halides is 2. The van der Waals surface area contributed by atoms with Gasteiger partial charge in [-0.05, 0) is 41.0 Å². The van der Waals surface area contributed by atoms with Gasteiger partial charge < -0.3 is 15.5 Å². The molecule has 2 aliphatic heterocycles. The Kier molecular flexibility index (Phi) is 6.25. The molecular formula is C27H29F2N3O3. The molecular weight excluding hydrogens is 452 g/mol. The van der Waals surface area contributed by atoms with E-state index in [0.29, 0.717) is 35.2 Å². The largest absolute Gasteiger partial charge is 0.349 e. The lowest BCUT2D eigenvalue weighted by Crippen LogP contribution is -2.49. The molecule has 0 aromatic heterocycles. The predicted octanol–water partition coefficient (Wildman–Crippen LogP) is 4.14. The van der Waals surface area contributed by atoms with Gasteiger partial charge in [0, 0.05) is 29.9 Å². The molecule has 2 aromatic carbocycles. The Bertz CT molecular complexity index is 1200. The molecule has 2 aliphatic rings. The number of allylic oxidation sites excluding steroid dienone is 1. The molecule has 1 saturated heterocycles. The van der Waals surface area contributed by atoms with E-state index in [0.717, 1.165) is 5.56 Å². The minimum absolute atomic E-state index is 0.111. The fourth-order valence-corrected chi connectivity index (χ4v) is 4.42. The second kappa shape index (κ2) is 8.91. The zero-order valence-corrected chi connectivity index (χ0v) is 20.1. The van der Waals surface area contributed by atoms with E-state index in [2.05, 4.69) is 17.2 Å². The predicted molar refractivity (Wildman–Crippen MR) is 128 cm³/mol. The van der Waals surface area contributed by atoms with Crippen LogP contribution in [0.4, 0.5) is 8.78 Å². The van der Waals surface area contributed by atoms with E-state index >= 15 is 0 Å². The highest BCUT2D eigenvalue weighted by Gasteiger charge is 2.41. The zero-order chi connectivity index (χ0) is 25.5. The second-order valence-electron chi connectivity index (χ2n) is 10.2. The number of amides is 3. The number of hydrogen-bond donors (Lipinski definition) is 2. The summed E-state index contributed by atoms with van der Waals surface area (Å²) >= 11 is 0. The number of halogens is 2. The molecule has 2 aromatic rings. The molecule has 0 bridgehead atoms. The fourth-order valence-electron chi connectivity index (χ4n) is 4.42. The van der Waals surface area contributed by atoms with Crippen LogP contribution in [-0.2, 0) is 34.0 Å². The Hall–Kier alpha value is -3.55. The smallest absolute Gasteiger partial charge is 0.346 e. The van der Waals surface area contributed by atoms with Gasteiger partial charge in [0.1, 0.15) is 6.04 Å². The quantitative estimate of drug-likeness (QED) is 0.674. The highest BCUT2D eigenvalue weighted by molar-refractivity contribution is 6.01. The summed E-state index contributed by atoms with van der Waals surface area (Å²) in [6.45, 7) is 9.84. The van der Waals surface area contributed by atoms with Gasteiger partial charge >= 0.3 is 5.92 Å². The average molecular weight is 482 g/mol. The lowest BCUT2D eigenvalue weighted by atomic mass is 9.86. The van der Waals surface area contributed by atoms with Crippen molar-refractivity contribution in [3.63, 3.8) is 0 Å². The molecule has 4 rings (SSSR count). The number of carbonyl (C=O) groups excluding carboxylic acids is 3. The van der Waals surface area contributed by atoms with E-state index in [1.807, 2.05) is 20.8 Å². The summed E-state index contributed by atoms with van der Waals surface area (Å²) < 4.78 is 29.5. The van der Waals surface area contributed by atoms with Gasteiger partial charge in [-0.15, -0.1) is 0 Å². The molecule has 2 N–H and O–H groups in total. The van der Waals surface area contributed by atoms with Crippen molar-refractivity contribution in [1.29, 1.82) is 0 Å². The first-order chi connectivity index (χ1) is 16.4. The molecule has 0 spiro atoms. The first kappa shape index (κ1) is 24.6. The highest BCUT2D eigenvalue weighted by atomic mass is 19.3. The number of rotatable bonds is 5. The first-order valence-corrected chi connectivity index (χ1v) is 11.6. The molecule has 1 atom stereocenters. The number of benzene rings is 2. The zero-order valence-electron chi connectivity index (χ0n) is 20.1. The van der Waals surface area contributed by atoms with Crippen molar-refractivity contribution in [2.45, 2.75) is 64.1 Å². The summed E-state index contributed by atoms with van der Waals surface area (Å²) in [4.78, 5) is 39.0. The maximum absolute atomic E-state index is 14.8. The van der Waals surface area contributed by atoms with Crippen molar-refractivity contribution in [2.24, 2.45) is 0 Å². The summed E-state index contributed by atoms with van der Waals surface area (Å²) in [6, 6.07) is 10.2. The Morgan fingerprint density at radius 2 is 1.77 bits per heavy atom. The molecule has 3 amide bonds. The summed E-state index contributed by atoms with van der Waals surface area (Å²) in [5, 5.41) is 5.00. The second-order valence-corrected chi connectivity index (χ2v) is 10.2. The van der Waals surface area contributed by atoms with Crippen molar-refractivity contribution < 1.29 is 23.2 Å². The number of nitrogens with zero attached hydrogens (tertiary/aromatic N) is 1. The van der Waals surface area contributed by atoms with Crippen LogP contribution in [0.1, 0.15) is 66.2 Å². The maximum atomic E-state index is 14.8. The monoisotopic (exact) mass is 481 g/mol. The van der Waals surface area contributed by atoms with Crippen LogP contribution in [0.5, 0.6) is 0 Å². The molecule has 1 unspecified atom stereocenters. The molecule has 0 radical (unpaired) electrons. The Morgan fingerprint density at radius 1 is 1.11 bits per heavy atom. The van der Waals surface area contributed by atoms with Crippen LogP contribution >= 0.6 is 0 Å². The van der Waals surface area contributed by atoms with E-state index in [1.165, 1.54) is 17.0 Å². The molecule has 0 aliphatic carbocycles. The van der Waals surface area contributed by atoms with Gasteiger partial charge in [0.05, 0.1) is 0 Å². The van der Waals surface area contributed by atoms with Crippen LogP contribution < -0.4 is 10.6 Å². The molecule has 6 nitrogen and oxygen atoms in total. The fraction of sp³-hybridized carbons (Fsp3) is 0.370. The average Bonchev–Trinajstić information content (AvgIpc) is 3.12. The van der Waals surface area contributed by atoms with E-state index < -0.39 is 17.9 Å². The van der Waals surface area contributed by atoms with E-state index in [1.54, 1.807) is 30.3 Å². The van der Waals surface area contributed by atoms with Crippen LogP contribution in [0, 0.1) is 0 Å². The standard InChI is InChI=1S/C27H29F2N3O3/c1-16-5-12-22(23(33)31-16)32-15-18-13-17(6-11-21(18)24(32)34)14-30-25(35)27(28,29)20-9-7-19(8-10-20)26(2,3)4/h6-11,13,22H,1,5,12,14-15H2,2-4H3,(H,30,35)(H,31,33). The highest BCUT2D eigenvalue weighted by Crippen LogP contribution is 2.32. The molecule has 1 fully saturated rings. The first-order valence-electron chi connectivity index (χ1n) is 11.6. The molecule has 35 heavy (non-hydrogen) atoms. The topological polar surface area (TPSA) is 78.5 Å². The number of piperidine rings is 1. The Balaban J connectivity index is 1.42. The summed E-state index contributed by atoms with van der Waals surface area (Å²) in [6.07, 6.45) is 1.10. The van der Waals surface area contributed by atoms with Crippen molar-refractivity contribution in [1.82, 2.24) is 15.5 Å². The molecule has 8 heteroatoms. The van der Waals surface area contributed by atoms with Gasteiger partial charge in [-0.25, -0.2) is 0 Å². The third-order valence-corrected chi connectivity index (χ3v) is 6.55. The lowest BCUT2D eigenvalue weighted by molar-refractivity contribution is -0.147. The van der Waals surface area contributed by atoms with E-state index in [9.17, 15) is 23.2 Å². The van der Waals surface area contributed by atoms with Crippen molar-refractivity contribution >= 4 is 17.7 Å². The van der Waals surface area contributed by atoms with E-state index in [-0.39, 0.29) is 35.9 Å². The third kappa shape index (κ3) is 4.83. The van der Waals surface area contributed by atoms with E-state index in [4.69, 9.17) is 0 Å². The van der Waals surface area contributed by atoms with Crippen LogP contribution in [0.25, 0.3) is 0 Å². The van der Waals surface area contributed by atoms with Crippen LogP contribution in [0.15, 0.2) is 54.7 Å². The molecule has 184 valence electrons. The van der Waals surface area contributed by atoms with Crippen LogP contribution in [0.2, 0.25) is 0 Å². The van der Waals surface area contributed by atoms with Crippen LogP contribution in [-0.4, -0.2) is 28.7 Å². The Morgan fingerprint density at radius 3 is 2.40 bits per heavy atom. The number of nitrogens with one attached hydrogen (secondary N) is 2. The van der Waals surface area contributed by atoms with Gasteiger partial charge in [-0.1, -0.05) is 63.7 Å². The lowest BCUT2D eigenvalue weighted by Gasteiger charge is -2.30. The minimum Gasteiger partial charge on any atom is -0.346 e. The normalized spacial score (nSPS) is 18.4. The number of fused-ring (bicyclic) bond motifs is 1. The van der Waals surface area contributed by atoms with Gasteiger partial charge in [-0.2, -0.15) is 8.78 Å².